The quantitative estimate of drug-likeness (QED) is 0.860. The highest BCUT2D eigenvalue weighted by Crippen LogP contribution is 2.07. The molecule has 0 saturated heterocycles. The number of aromatic nitrogens is 2. The molecule has 1 aromatic heterocycles. The summed E-state index contributed by atoms with van der Waals surface area (Å²) in [5, 5.41) is 11.8. The van der Waals surface area contributed by atoms with Crippen molar-refractivity contribution in [2.24, 2.45) is 0 Å². The first-order chi connectivity index (χ1) is 8.65. The summed E-state index contributed by atoms with van der Waals surface area (Å²) in [6.07, 6.45) is 3.48. The molecule has 0 aliphatic heterocycles. The molecule has 0 spiro atoms. The smallest absolute Gasteiger partial charge is 0.335 e. The predicted molar refractivity (Wildman–Crippen MR) is 67.5 cm³/mol. The van der Waals surface area contributed by atoms with Gasteiger partial charge in [0.15, 0.2) is 0 Å². The Bertz CT molecular complexity index is 535. The molecule has 5 heteroatoms. The summed E-state index contributed by atoms with van der Waals surface area (Å²) < 4.78 is 0. The second kappa shape index (κ2) is 5.27. The molecule has 0 fully saturated rings. The number of hydrogen-bond acceptors (Lipinski definition) is 4. The lowest BCUT2D eigenvalue weighted by Gasteiger charge is -2.05. The van der Waals surface area contributed by atoms with Gasteiger partial charge in [-0.2, -0.15) is 0 Å². The first kappa shape index (κ1) is 12.0. The average molecular weight is 243 g/mol. The molecule has 0 bridgehead atoms. The van der Waals surface area contributed by atoms with Crippen LogP contribution in [-0.2, 0) is 6.54 Å². The Balaban J connectivity index is 1.97. The van der Waals surface area contributed by atoms with Gasteiger partial charge in [0.2, 0.25) is 5.95 Å². The maximum Gasteiger partial charge on any atom is 0.335 e. The zero-order valence-electron chi connectivity index (χ0n) is 9.92. The zero-order valence-corrected chi connectivity index (χ0v) is 9.92. The van der Waals surface area contributed by atoms with Crippen molar-refractivity contribution in [2.45, 2.75) is 13.5 Å². The number of aromatic carboxylic acids is 1. The number of anilines is 1. The number of hydrogen-bond donors (Lipinski definition) is 2. The van der Waals surface area contributed by atoms with E-state index in [1.807, 2.05) is 6.92 Å². The van der Waals surface area contributed by atoms with Crippen molar-refractivity contribution in [1.82, 2.24) is 9.97 Å². The van der Waals surface area contributed by atoms with E-state index in [0.717, 1.165) is 11.1 Å². The van der Waals surface area contributed by atoms with Crippen LogP contribution >= 0.6 is 0 Å². The van der Waals surface area contributed by atoms with Gasteiger partial charge < -0.3 is 10.4 Å². The Morgan fingerprint density at radius 3 is 2.39 bits per heavy atom. The van der Waals surface area contributed by atoms with Crippen molar-refractivity contribution in [3.05, 3.63) is 53.3 Å². The van der Waals surface area contributed by atoms with Gasteiger partial charge in [-0.15, -0.1) is 0 Å². The first-order valence-electron chi connectivity index (χ1n) is 5.50. The van der Waals surface area contributed by atoms with Gasteiger partial charge in [-0.25, -0.2) is 14.8 Å². The lowest BCUT2D eigenvalue weighted by Crippen LogP contribution is -2.04. The predicted octanol–water partition coefficient (Wildman–Crippen LogP) is 2.10. The second-order valence-corrected chi connectivity index (χ2v) is 3.94. The lowest BCUT2D eigenvalue weighted by atomic mass is 10.1. The number of carboxylic acids is 1. The van der Waals surface area contributed by atoms with Gasteiger partial charge in [-0.3, -0.25) is 0 Å². The maximum absolute atomic E-state index is 10.7. The molecule has 2 aromatic rings. The summed E-state index contributed by atoms with van der Waals surface area (Å²) in [4.78, 5) is 18.9. The molecule has 0 saturated carbocycles. The first-order valence-corrected chi connectivity index (χ1v) is 5.50. The van der Waals surface area contributed by atoms with Crippen molar-refractivity contribution in [1.29, 1.82) is 0 Å². The van der Waals surface area contributed by atoms with Crippen LogP contribution < -0.4 is 5.32 Å². The molecule has 0 amide bonds. The molecule has 0 atom stereocenters. The average Bonchev–Trinajstić information content (AvgIpc) is 2.38. The van der Waals surface area contributed by atoms with E-state index in [1.54, 1.807) is 36.7 Å². The maximum atomic E-state index is 10.7. The van der Waals surface area contributed by atoms with Crippen LogP contribution in [0.4, 0.5) is 5.95 Å². The second-order valence-electron chi connectivity index (χ2n) is 3.94. The largest absolute Gasteiger partial charge is 0.478 e. The van der Waals surface area contributed by atoms with E-state index in [2.05, 4.69) is 15.3 Å². The number of nitrogens with zero attached hydrogens (tertiary/aromatic N) is 2. The van der Waals surface area contributed by atoms with Crippen molar-refractivity contribution < 1.29 is 9.90 Å². The van der Waals surface area contributed by atoms with E-state index in [-0.39, 0.29) is 5.56 Å². The van der Waals surface area contributed by atoms with E-state index in [0.29, 0.717) is 12.5 Å². The molecule has 18 heavy (non-hydrogen) atoms. The number of aryl methyl sites for hydroxylation is 1. The standard InChI is InChI=1S/C13H13N3O2/c1-9-6-14-13(15-7-9)16-8-10-2-4-11(5-3-10)12(17)18/h2-7H,8H2,1H3,(H,17,18)(H,14,15,16). The summed E-state index contributed by atoms with van der Waals surface area (Å²) in [5.74, 6) is -0.362. The van der Waals surface area contributed by atoms with Crippen LogP contribution in [0.3, 0.4) is 0 Å². The van der Waals surface area contributed by atoms with Crippen LogP contribution in [0.5, 0.6) is 0 Å². The van der Waals surface area contributed by atoms with E-state index >= 15 is 0 Å². The lowest BCUT2D eigenvalue weighted by molar-refractivity contribution is 0.0697. The fourth-order valence-electron chi connectivity index (χ4n) is 1.43. The topological polar surface area (TPSA) is 75.1 Å². The van der Waals surface area contributed by atoms with Crippen LogP contribution in [0.25, 0.3) is 0 Å². The monoisotopic (exact) mass is 243 g/mol. The van der Waals surface area contributed by atoms with Crippen LogP contribution in [0.1, 0.15) is 21.5 Å². The molecule has 1 aromatic carbocycles. The molecular formula is C13H13N3O2. The number of carboxylic acid groups (broad SMARTS) is 1. The molecule has 0 aliphatic rings. The highest BCUT2D eigenvalue weighted by atomic mass is 16.4. The Morgan fingerprint density at radius 1 is 1.22 bits per heavy atom. The normalized spacial score (nSPS) is 10.1. The number of benzene rings is 1. The summed E-state index contributed by atoms with van der Waals surface area (Å²) >= 11 is 0. The minimum absolute atomic E-state index is 0.283. The molecule has 0 radical (unpaired) electrons. The third-order valence-electron chi connectivity index (χ3n) is 2.43. The van der Waals surface area contributed by atoms with Gasteiger partial charge in [0, 0.05) is 18.9 Å². The molecule has 1 heterocycles. The van der Waals surface area contributed by atoms with Crippen LogP contribution in [0.15, 0.2) is 36.7 Å². The van der Waals surface area contributed by atoms with E-state index in [1.165, 1.54) is 0 Å². The SMILES string of the molecule is Cc1cnc(NCc2ccc(C(=O)O)cc2)nc1. The van der Waals surface area contributed by atoms with Gasteiger partial charge in [-0.05, 0) is 30.2 Å². The molecule has 0 aliphatic carbocycles. The van der Waals surface area contributed by atoms with E-state index < -0.39 is 5.97 Å². The van der Waals surface area contributed by atoms with Gasteiger partial charge >= 0.3 is 5.97 Å². The van der Waals surface area contributed by atoms with Crippen molar-refractivity contribution >= 4 is 11.9 Å². The fraction of sp³-hybridized carbons (Fsp3) is 0.154. The third-order valence-corrected chi connectivity index (χ3v) is 2.43. The summed E-state index contributed by atoms with van der Waals surface area (Å²) in [6.45, 7) is 2.48. The molecule has 2 N–H and O–H groups in total. The van der Waals surface area contributed by atoms with E-state index in [9.17, 15) is 4.79 Å². The minimum Gasteiger partial charge on any atom is -0.478 e. The minimum atomic E-state index is -0.920. The van der Waals surface area contributed by atoms with E-state index in [4.69, 9.17) is 5.11 Å². The van der Waals surface area contributed by atoms with Gasteiger partial charge in [0.25, 0.3) is 0 Å². The summed E-state index contributed by atoms with van der Waals surface area (Å²) in [5.41, 5.74) is 2.26. The fourth-order valence-corrected chi connectivity index (χ4v) is 1.43. The van der Waals surface area contributed by atoms with Crippen LogP contribution in [0.2, 0.25) is 0 Å². The molecule has 2 rings (SSSR count). The molecule has 0 unspecified atom stereocenters. The Labute approximate surface area is 105 Å². The Morgan fingerprint density at radius 2 is 1.83 bits per heavy atom. The van der Waals surface area contributed by atoms with Crippen molar-refractivity contribution in [2.75, 3.05) is 5.32 Å². The number of rotatable bonds is 4. The number of carbonyl (C=O) groups is 1. The third kappa shape index (κ3) is 3.04. The highest BCUT2D eigenvalue weighted by Gasteiger charge is 2.02. The van der Waals surface area contributed by atoms with Gasteiger partial charge in [0.05, 0.1) is 5.56 Å². The Hall–Kier alpha value is -2.43. The summed E-state index contributed by atoms with van der Waals surface area (Å²) in [6, 6.07) is 6.69. The highest BCUT2D eigenvalue weighted by molar-refractivity contribution is 5.87. The van der Waals surface area contributed by atoms with Crippen LogP contribution in [0, 0.1) is 6.92 Å². The van der Waals surface area contributed by atoms with Crippen molar-refractivity contribution in [3.63, 3.8) is 0 Å². The van der Waals surface area contributed by atoms with Gasteiger partial charge in [0.1, 0.15) is 0 Å². The van der Waals surface area contributed by atoms with Gasteiger partial charge in [-0.1, -0.05) is 12.1 Å². The molecule has 5 nitrogen and oxygen atoms in total. The van der Waals surface area contributed by atoms with Crippen molar-refractivity contribution in [3.8, 4) is 0 Å². The van der Waals surface area contributed by atoms with Crippen LogP contribution in [-0.4, -0.2) is 21.0 Å². The zero-order chi connectivity index (χ0) is 13.0. The summed E-state index contributed by atoms with van der Waals surface area (Å²) in [7, 11) is 0. The molecular weight excluding hydrogens is 230 g/mol. The molecule has 92 valence electrons. The number of nitrogens with one attached hydrogen (secondary N) is 1. The Kier molecular flexibility index (Phi) is 3.52.